The van der Waals surface area contributed by atoms with Gasteiger partial charge >= 0.3 is 0 Å². The lowest BCUT2D eigenvalue weighted by Gasteiger charge is -2.05. The van der Waals surface area contributed by atoms with Gasteiger partial charge in [-0.15, -0.1) is 10.2 Å². The summed E-state index contributed by atoms with van der Waals surface area (Å²) in [4.78, 5) is 4.76. The van der Waals surface area contributed by atoms with Gasteiger partial charge in [0.2, 0.25) is 5.82 Å². The minimum Gasteiger partial charge on any atom is -0.406 e. The molecule has 2 heterocycles. The molecule has 0 saturated carbocycles. The topological polar surface area (TPSA) is 72.5 Å². The van der Waals surface area contributed by atoms with Crippen molar-refractivity contribution in [2.45, 2.75) is 0 Å². The van der Waals surface area contributed by atoms with Crippen LogP contribution < -0.4 is 0 Å². The Kier molecular flexibility index (Phi) is 3.32. The molecule has 0 aliphatic rings. The van der Waals surface area contributed by atoms with E-state index in [1.54, 1.807) is 4.68 Å². The first-order valence-electron chi connectivity index (χ1n) is 6.95. The number of nitrogens with zero attached hydrogens (tertiary/aromatic N) is 4. The molecule has 4 aromatic rings. The zero-order chi connectivity index (χ0) is 15.6. The quantitative estimate of drug-likeness (QED) is 0.583. The first-order valence-corrected chi connectivity index (χ1v) is 7.36. The molecule has 4 rings (SSSR count). The van der Waals surface area contributed by atoms with Gasteiger partial charge in [-0.25, -0.2) is 14.8 Å². The van der Waals surface area contributed by atoms with Gasteiger partial charge in [-0.05, 0) is 24.4 Å². The Morgan fingerprint density at radius 3 is 2.30 bits per heavy atom. The number of rotatable bonds is 3. The van der Waals surface area contributed by atoms with E-state index in [0.717, 1.165) is 11.3 Å². The van der Waals surface area contributed by atoms with Crippen LogP contribution in [0.5, 0.6) is 0 Å². The zero-order valence-electron chi connectivity index (χ0n) is 11.9. The van der Waals surface area contributed by atoms with Crippen LogP contribution in [0, 0.1) is 4.84 Å². The van der Waals surface area contributed by atoms with E-state index in [9.17, 15) is 0 Å². The Labute approximate surface area is 136 Å². The summed E-state index contributed by atoms with van der Waals surface area (Å²) in [5.74, 6) is 1.35. The van der Waals surface area contributed by atoms with Gasteiger partial charge in [-0.2, -0.15) is 0 Å². The lowest BCUT2D eigenvalue weighted by atomic mass is 10.2. The number of hydrogen-bond donors (Lipinski definition) is 1. The van der Waals surface area contributed by atoms with Gasteiger partial charge in [-0.3, -0.25) is 0 Å². The van der Waals surface area contributed by atoms with Crippen LogP contribution in [0.3, 0.4) is 0 Å². The monoisotopic (exact) mass is 321 g/mol. The van der Waals surface area contributed by atoms with Crippen molar-refractivity contribution in [2.24, 2.45) is 0 Å². The summed E-state index contributed by atoms with van der Waals surface area (Å²) in [6.07, 6.45) is 0. The van der Waals surface area contributed by atoms with Crippen molar-refractivity contribution in [3.8, 4) is 28.8 Å². The molecular weight excluding hydrogens is 310 g/mol. The standard InChI is InChI=1S/C16H11N5OS/c23-16-19-18-15(22-16)13-17-14(11-7-3-1-4-8-11)21(20-13)12-9-5-2-6-10-12/h1-10H,(H,19,23). The number of para-hydroxylation sites is 1. The second-order valence-corrected chi connectivity index (χ2v) is 5.16. The average molecular weight is 321 g/mol. The third kappa shape index (κ3) is 2.58. The maximum absolute atomic E-state index is 5.32. The van der Waals surface area contributed by atoms with Gasteiger partial charge in [0, 0.05) is 5.56 Å². The number of hydrogen-bond acceptors (Lipinski definition) is 5. The van der Waals surface area contributed by atoms with Crippen LogP contribution >= 0.6 is 12.2 Å². The van der Waals surface area contributed by atoms with E-state index in [4.69, 9.17) is 16.6 Å². The summed E-state index contributed by atoms with van der Waals surface area (Å²) in [6, 6.07) is 19.6. The molecule has 23 heavy (non-hydrogen) atoms. The molecule has 2 aromatic heterocycles. The van der Waals surface area contributed by atoms with Crippen molar-refractivity contribution in [3.63, 3.8) is 0 Å². The number of benzene rings is 2. The van der Waals surface area contributed by atoms with Gasteiger partial charge in [-0.1, -0.05) is 48.5 Å². The highest BCUT2D eigenvalue weighted by atomic mass is 32.1. The molecule has 2 aromatic carbocycles. The molecule has 0 radical (unpaired) electrons. The van der Waals surface area contributed by atoms with Crippen LogP contribution in [0.15, 0.2) is 65.1 Å². The SMILES string of the molecule is S=c1[nH]nc(-c2nc(-c3ccccc3)n(-c3ccccc3)n2)o1. The molecule has 112 valence electrons. The molecule has 0 amide bonds. The number of nitrogens with one attached hydrogen (secondary N) is 1. The smallest absolute Gasteiger partial charge is 0.286 e. The highest BCUT2D eigenvalue weighted by Crippen LogP contribution is 2.24. The van der Waals surface area contributed by atoms with Gasteiger partial charge in [0.05, 0.1) is 5.69 Å². The van der Waals surface area contributed by atoms with Crippen molar-refractivity contribution in [3.05, 3.63) is 65.5 Å². The van der Waals surface area contributed by atoms with E-state index in [0.29, 0.717) is 11.6 Å². The first kappa shape index (κ1) is 13.6. The minimum atomic E-state index is 0.192. The summed E-state index contributed by atoms with van der Waals surface area (Å²) in [7, 11) is 0. The minimum absolute atomic E-state index is 0.192. The molecule has 1 N–H and O–H groups in total. The normalized spacial score (nSPS) is 10.8. The van der Waals surface area contributed by atoms with Crippen LogP contribution in [0.1, 0.15) is 0 Å². The first-order chi connectivity index (χ1) is 11.3. The third-order valence-corrected chi connectivity index (χ3v) is 3.44. The highest BCUT2D eigenvalue weighted by molar-refractivity contribution is 7.71. The molecule has 0 atom stereocenters. The molecule has 0 aliphatic carbocycles. The van der Waals surface area contributed by atoms with Crippen LogP contribution in [0.25, 0.3) is 28.8 Å². The van der Waals surface area contributed by atoms with E-state index < -0.39 is 0 Å². The Morgan fingerprint density at radius 1 is 0.957 bits per heavy atom. The Balaban J connectivity index is 1.93. The van der Waals surface area contributed by atoms with Crippen LogP contribution in [0.2, 0.25) is 0 Å². The average Bonchev–Trinajstić information content (AvgIpc) is 3.23. The maximum atomic E-state index is 5.32. The number of H-pyrrole nitrogens is 1. The van der Waals surface area contributed by atoms with Crippen molar-refractivity contribution in [2.75, 3.05) is 0 Å². The Hall–Kier alpha value is -3.06. The molecule has 7 heteroatoms. The summed E-state index contributed by atoms with van der Waals surface area (Å²) in [6.45, 7) is 0. The zero-order valence-corrected chi connectivity index (χ0v) is 12.7. The highest BCUT2D eigenvalue weighted by Gasteiger charge is 2.17. The van der Waals surface area contributed by atoms with Gasteiger partial charge < -0.3 is 4.42 Å². The summed E-state index contributed by atoms with van der Waals surface area (Å²) in [5, 5.41) is 11.1. The Morgan fingerprint density at radius 2 is 1.65 bits per heavy atom. The third-order valence-electron chi connectivity index (χ3n) is 3.27. The Bertz CT molecular complexity index is 931. The molecule has 0 fully saturated rings. The predicted molar refractivity (Wildman–Crippen MR) is 87.5 cm³/mol. The van der Waals surface area contributed by atoms with E-state index in [1.165, 1.54) is 0 Å². The summed E-state index contributed by atoms with van der Waals surface area (Å²) in [5.41, 5.74) is 1.85. The molecular formula is C16H11N5OS. The van der Waals surface area contributed by atoms with Gasteiger partial charge in [0.1, 0.15) is 0 Å². The fourth-order valence-corrected chi connectivity index (χ4v) is 2.38. The van der Waals surface area contributed by atoms with E-state index in [-0.39, 0.29) is 10.7 Å². The van der Waals surface area contributed by atoms with Crippen LogP contribution in [-0.2, 0) is 0 Å². The van der Waals surface area contributed by atoms with Crippen molar-refractivity contribution >= 4 is 12.2 Å². The molecule has 0 bridgehead atoms. The van der Waals surface area contributed by atoms with Gasteiger partial charge in [0.25, 0.3) is 10.7 Å². The molecule has 6 nitrogen and oxygen atoms in total. The van der Waals surface area contributed by atoms with Crippen molar-refractivity contribution in [1.29, 1.82) is 0 Å². The molecule has 0 spiro atoms. The summed E-state index contributed by atoms with van der Waals surface area (Å²) >= 11 is 4.91. The fraction of sp³-hybridized carbons (Fsp3) is 0. The molecule has 0 aliphatic heterocycles. The van der Waals surface area contributed by atoms with Crippen molar-refractivity contribution < 1.29 is 4.42 Å². The van der Waals surface area contributed by atoms with Crippen molar-refractivity contribution in [1.82, 2.24) is 25.0 Å². The molecule has 0 unspecified atom stereocenters. The predicted octanol–water partition coefficient (Wildman–Crippen LogP) is 3.65. The van der Waals surface area contributed by atoms with Gasteiger partial charge in [0.15, 0.2) is 5.82 Å². The van der Waals surface area contributed by atoms with Crippen LogP contribution in [0.4, 0.5) is 0 Å². The maximum Gasteiger partial charge on any atom is 0.286 e. The van der Waals surface area contributed by atoms with E-state index >= 15 is 0 Å². The number of aromatic amines is 1. The lowest BCUT2D eigenvalue weighted by Crippen LogP contribution is -1.99. The van der Waals surface area contributed by atoms with Crippen LogP contribution in [-0.4, -0.2) is 25.0 Å². The second-order valence-electron chi connectivity index (χ2n) is 4.79. The molecule has 0 saturated heterocycles. The number of aromatic nitrogens is 5. The largest absolute Gasteiger partial charge is 0.406 e. The second kappa shape index (κ2) is 5.62. The summed E-state index contributed by atoms with van der Waals surface area (Å²) < 4.78 is 7.08. The lowest BCUT2D eigenvalue weighted by molar-refractivity contribution is 0.547. The van der Waals surface area contributed by atoms with E-state index in [1.807, 2.05) is 60.7 Å². The fourth-order valence-electron chi connectivity index (χ4n) is 2.25. The van der Waals surface area contributed by atoms with E-state index in [2.05, 4.69) is 20.3 Å².